The van der Waals surface area contributed by atoms with Crippen LogP contribution in [-0.2, 0) is 0 Å². The minimum atomic E-state index is -0.265. The van der Waals surface area contributed by atoms with Gasteiger partial charge in [0.05, 0.1) is 11.9 Å². The standard InChI is InChI=1S/C17H17N3O4/c1-9(2)11-6-12(16(23)7-15(11)22)13-8-20(19-18-13)10-3-4-14(21)17(24)5-10/h3-9,21-24H,1-2H3. The van der Waals surface area contributed by atoms with E-state index in [1.165, 1.54) is 22.9 Å². The van der Waals surface area contributed by atoms with Crippen LogP contribution in [0.3, 0.4) is 0 Å². The monoisotopic (exact) mass is 327 g/mol. The predicted octanol–water partition coefficient (Wildman–Crippen LogP) is 2.88. The first kappa shape index (κ1) is 15.7. The van der Waals surface area contributed by atoms with Crippen LogP contribution in [0.5, 0.6) is 23.0 Å². The van der Waals surface area contributed by atoms with E-state index in [1.807, 2.05) is 13.8 Å². The second kappa shape index (κ2) is 5.77. The number of rotatable bonds is 3. The fraction of sp³-hybridized carbons (Fsp3) is 0.176. The molecule has 0 fully saturated rings. The van der Waals surface area contributed by atoms with Crippen molar-refractivity contribution in [2.24, 2.45) is 0 Å². The number of benzene rings is 2. The lowest BCUT2D eigenvalue weighted by molar-refractivity contribution is 0.403. The molecule has 3 aromatic rings. The Kier molecular flexibility index (Phi) is 3.76. The number of hydrogen-bond acceptors (Lipinski definition) is 6. The fourth-order valence-corrected chi connectivity index (χ4v) is 2.43. The predicted molar refractivity (Wildman–Crippen MR) is 87.5 cm³/mol. The van der Waals surface area contributed by atoms with E-state index in [4.69, 9.17) is 0 Å². The van der Waals surface area contributed by atoms with E-state index in [0.29, 0.717) is 22.5 Å². The first-order chi connectivity index (χ1) is 11.4. The third kappa shape index (κ3) is 2.71. The molecule has 0 atom stereocenters. The molecular formula is C17H17N3O4. The summed E-state index contributed by atoms with van der Waals surface area (Å²) >= 11 is 0. The molecule has 0 saturated heterocycles. The van der Waals surface area contributed by atoms with Crippen molar-refractivity contribution in [2.45, 2.75) is 19.8 Å². The zero-order valence-corrected chi connectivity index (χ0v) is 13.2. The Hall–Kier alpha value is -3.22. The van der Waals surface area contributed by atoms with Crippen LogP contribution < -0.4 is 0 Å². The van der Waals surface area contributed by atoms with Crippen molar-refractivity contribution in [1.82, 2.24) is 15.0 Å². The van der Waals surface area contributed by atoms with Crippen molar-refractivity contribution in [1.29, 1.82) is 0 Å². The van der Waals surface area contributed by atoms with Crippen LogP contribution in [0, 0.1) is 0 Å². The summed E-state index contributed by atoms with van der Waals surface area (Å²) in [7, 11) is 0. The molecule has 0 amide bonds. The maximum Gasteiger partial charge on any atom is 0.159 e. The van der Waals surface area contributed by atoms with E-state index in [9.17, 15) is 20.4 Å². The maximum absolute atomic E-state index is 10.1. The molecule has 0 unspecified atom stereocenters. The first-order valence-electron chi connectivity index (χ1n) is 7.37. The third-order valence-corrected chi connectivity index (χ3v) is 3.76. The number of phenols is 4. The molecular weight excluding hydrogens is 310 g/mol. The van der Waals surface area contributed by atoms with E-state index >= 15 is 0 Å². The largest absolute Gasteiger partial charge is 0.508 e. The quantitative estimate of drug-likeness (QED) is 0.550. The van der Waals surface area contributed by atoms with Crippen molar-refractivity contribution in [2.75, 3.05) is 0 Å². The van der Waals surface area contributed by atoms with Gasteiger partial charge in [0.15, 0.2) is 11.5 Å². The van der Waals surface area contributed by atoms with E-state index < -0.39 is 0 Å². The zero-order chi connectivity index (χ0) is 17.4. The summed E-state index contributed by atoms with van der Waals surface area (Å²) in [4.78, 5) is 0. The number of aromatic nitrogens is 3. The highest BCUT2D eigenvalue weighted by Crippen LogP contribution is 2.37. The van der Waals surface area contributed by atoms with Crippen molar-refractivity contribution in [3.05, 3.63) is 42.1 Å². The van der Waals surface area contributed by atoms with Gasteiger partial charge in [0.1, 0.15) is 17.2 Å². The highest BCUT2D eigenvalue weighted by Gasteiger charge is 2.16. The molecule has 0 bridgehead atoms. The lowest BCUT2D eigenvalue weighted by atomic mass is 9.98. The van der Waals surface area contributed by atoms with E-state index in [0.717, 1.165) is 0 Å². The first-order valence-corrected chi connectivity index (χ1v) is 7.37. The summed E-state index contributed by atoms with van der Waals surface area (Å²) in [6.07, 6.45) is 1.59. The average Bonchev–Trinajstić information content (AvgIpc) is 2.99. The van der Waals surface area contributed by atoms with Gasteiger partial charge in [0, 0.05) is 17.7 Å². The molecule has 0 saturated carbocycles. The Balaban J connectivity index is 2.04. The molecule has 124 valence electrons. The molecule has 0 aliphatic carbocycles. The topological polar surface area (TPSA) is 112 Å². The fourth-order valence-electron chi connectivity index (χ4n) is 2.43. The van der Waals surface area contributed by atoms with Crippen molar-refractivity contribution in [3.63, 3.8) is 0 Å². The molecule has 0 aliphatic rings. The highest BCUT2D eigenvalue weighted by atomic mass is 16.3. The van der Waals surface area contributed by atoms with E-state index in [1.54, 1.807) is 18.3 Å². The van der Waals surface area contributed by atoms with Crippen molar-refractivity contribution < 1.29 is 20.4 Å². The summed E-state index contributed by atoms with van der Waals surface area (Å²) < 4.78 is 1.41. The number of nitrogens with zero attached hydrogens (tertiary/aromatic N) is 3. The molecule has 7 nitrogen and oxygen atoms in total. The lowest BCUT2D eigenvalue weighted by Gasteiger charge is -2.11. The normalized spacial score (nSPS) is 11.1. The van der Waals surface area contributed by atoms with E-state index in [2.05, 4.69) is 10.3 Å². The van der Waals surface area contributed by atoms with Gasteiger partial charge in [-0.25, -0.2) is 4.68 Å². The van der Waals surface area contributed by atoms with Gasteiger partial charge in [-0.1, -0.05) is 19.1 Å². The van der Waals surface area contributed by atoms with Crippen molar-refractivity contribution in [3.8, 4) is 39.9 Å². The summed E-state index contributed by atoms with van der Waals surface area (Å²) in [5, 5.41) is 47.0. The lowest BCUT2D eigenvalue weighted by Crippen LogP contribution is -1.94. The molecule has 0 aliphatic heterocycles. The average molecular weight is 327 g/mol. The second-order valence-electron chi connectivity index (χ2n) is 5.80. The van der Waals surface area contributed by atoms with Crippen LogP contribution in [0.25, 0.3) is 16.9 Å². The number of phenolic OH excluding ortho intramolecular Hbond substituents is 4. The van der Waals surface area contributed by atoms with Crippen LogP contribution in [0.1, 0.15) is 25.3 Å². The summed E-state index contributed by atoms with van der Waals surface area (Å²) in [5.74, 6) is -0.482. The van der Waals surface area contributed by atoms with Crippen LogP contribution in [-0.4, -0.2) is 35.4 Å². The van der Waals surface area contributed by atoms with Gasteiger partial charge in [-0.15, -0.1) is 5.10 Å². The minimum absolute atomic E-state index is 0.0297. The van der Waals surface area contributed by atoms with E-state index in [-0.39, 0.29) is 28.9 Å². The van der Waals surface area contributed by atoms with Gasteiger partial charge in [0.2, 0.25) is 0 Å². The number of hydrogen-bond donors (Lipinski definition) is 4. The Morgan fingerprint density at radius 3 is 2.29 bits per heavy atom. The molecule has 1 aromatic heterocycles. The third-order valence-electron chi connectivity index (χ3n) is 3.76. The SMILES string of the molecule is CC(C)c1cc(-c2cn(-c3ccc(O)c(O)c3)nn2)c(O)cc1O. The Morgan fingerprint density at radius 2 is 1.62 bits per heavy atom. The van der Waals surface area contributed by atoms with Gasteiger partial charge in [0.25, 0.3) is 0 Å². The summed E-state index contributed by atoms with van der Waals surface area (Å²) in [6.45, 7) is 3.87. The van der Waals surface area contributed by atoms with Gasteiger partial charge in [-0.2, -0.15) is 0 Å². The van der Waals surface area contributed by atoms with Gasteiger partial charge >= 0.3 is 0 Å². The van der Waals surface area contributed by atoms with Gasteiger partial charge in [-0.05, 0) is 29.7 Å². The number of aromatic hydroxyl groups is 4. The van der Waals surface area contributed by atoms with Crippen LogP contribution >= 0.6 is 0 Å². The minimum Gasteiger partial charge on any atom is -0.508 e. The van der Waals surface area contributed by atoms with Crippen LogP contribution in [0.2, 0.25) is 0 Å². The summed E-state index contributed by atoms with van der Waals surface area (Å²) in [6, 6.07) is 7.24. The maximum atomic E-state index is 10.1. The molecule has 3 rings (SSSR count). The Labute approximate surface area is 138 Å². The highest BCUT2D eigenvalue weighted by molar-refractivity contribution is 5.69. The summed E-state index contributed by atoms with van der Waals surface area (Å²) in [5.41, 5.74) is 2.07. The Morgan fingerprint density at radius 1 is 0.875 bits per heavy atom. The molecule has 0 spiro atoms. The molecule has 1 heterocycles. The van der Waals surface area contributed by atoms with Gasteiger partial charge < -0.3 is 20.4 Å². The zero-order valence-electron chi connectivity index (χ0n) is 13.2. The van der Waals surface area contributed by atoms with Crippen LogP contribution in [0.4, 0.5) is 0 Å². The molecule has 0 radical (unpaired) electrons. The molecule has 4 N–H and O–H groups in total. The molecule has 24 heavy (non-hydrogen) atoms. The van der Waals surface area contributed by atoms with Crippen molar-refractivity contribution >= 4 is 0 Å². The van der Waals surface area contributed by atoms with Gasteiger partial charge in [-0.3, -0.25) is 0 Å². The Bertz CT molecular complexity index is 903. The second-order valence-corrected chi connectivity index (χ2v) is 5.80. The van der Waals surface area contributed by atoms with Crippen LogP contribution in [0.15, 0.2) is 36.5 Å². The smallest absolute Gasteiger partial charge is 0.159 e. The molecule has 7 heteroatoms. The molecule has 2 aromatic carbocycles.